The summed E-state index contributed by atoms with van der Waals surface area (Å²) in [5.74, 6) is 0.455. The van der Waals surface area contributed by atoms with E-state index in [1.54, 1.807) is 11.0 Å². The number of rotatable bonds is 11. The van der Waals surface area contributed by atoms with Gasteiger partial charge in [0.25, 0.3) is 5.91 Å². The smallest absolute Gasteiger partial charge is 0.261 e. The molecule has 0 aromatic heterocycles. The highest BCUT2D eigenvalue weighted by molar-refractivity contribution is 6.30. The molecule has 5 nitrogen and oxygen atoms in total. The molecule has 0 aliphatic rings. The van der Waals surface area contributed by atoms with Gasteiger partial charge >= 0.3 is 0 Å². The maximum atomic E-state index is 13.7. The number of ether oxygens (including phenoxy) is 1. The van der Waals surface area contributed by atoms with E-state index < -0.39 is 6.04 Å². The summed E-state index contributed by atoms with van der Waals surface area (Å²) in [7, 11) is 0. The molecule has 0 saturated carbocycles. The van der Waals surface area contributed by atoms with Crippen LogP contribution in [0.4, 0.5) is 0 Å². The molecule has 0 spiro atoms. The van der Waals surface area contributed by atoms with E-state index in [1.807, 2.05) is 86.6 Å². The molecule has 190 valence electrons. The van der Waals surface area contributed by atoms with Gasteiger partial charge in [-0.05, 0) is 54.7 Å². The van der Waals surface area contributed by atoms with Crippen molar-refractivity contribution in [3.8, 4) is 5.75 Å². The minimum atomic E-state index is -0.717. The van der Waals surface area contributed by atoms with Crippen LogP contribution in [0.15, 0.2) is 78.9 Å². The van der Waals surface area contributed by atoms with E-state index >= 15 is 0 Å². The van der Waals surface area contributed by atoms with E-state index in [4.69, 9.17) is 16.3 Å². The zero-order chi connectivity index (χ0) is 26.1. The molecule has 0 saturated heterocycles. The van der Waals surface area contributed by atoms with Gasteiger partial charge in [-0.3, -0.25) is 9.59 Å². The van der Waals surface area contributed by atoms with Crippen molar-refractivity contribution in [2.24, 2.45) is 0 Å². The molecule has 3 rings (SSSR count). The van der Waals surface area contributed by atoms with E-state index in [1.165, 1.54) is 0 Å². The molecule has 6 heteroatoms. The molecular weight excluding hydrogens is 472 g/mol. The van der Waals surface area contributed by atoms with Crippen molar-refractivity contribution in [3.63, 3.8) is 0 Å². The highest BCUT2D eigenvalue weighted by atomic mass is 35.5. The summed E-state index contributed by atoms with van der Waals surface area (Å²) in [4.78, 5) is 28.7. The van der Waals surface area contributed by atoms with Crippen LogP contribution in [-0.4, -0.2) is 35.4 Å². The first-order valence-corrected chi connectivity index (χ1v) is 12.7. The van der Waals surface area contributed by atoms with Crippen LogP contribution in [0.2, 0.25) is 5.02 Å². The Kier molecular flexibility index (Phi) is 9.95. The molecule has 1 atom stereocenters. The van der Waals surface area contributed by atoms with Crippen LogP contribution in [0.3, 0.4) is 0 Å². The van der Waals surface area contributed by atoms with Gasteiger partial charge in [0.15, 0.2) is 6.61 Å². The molecule has 0 fully saturated rings. The van der Waals surface area contributed by atoms with Gasteiger partial charge in [0.2, 0.25) is 5.91 Å². The van der Waals surface area contributed by atoms with Crippen LogP contribution in [0.25, 0.3) is 0 Å². The number of carbonyl (C=O) groups excluding carboxylic acids is 2. The fourth-order valence-corrected chi connectivity index (χ4v) is 4.29. The SMILES string of the molecule is CC(C)NC(=O)C(Cc1ccccc1)N(Cc1cccc(Cl)c1)C(=O)COc1ccccc1C(C)C. The van der Waals surface area contributed by atoms with Crippen LogP contribution in [-0.2, 0) is 22.6 Å². The predicted molar refractivity (Wildman–Crippen MR) is 145 cm³/mol. The molecule has 1 unspecified atom stereocenters. The first kappa shape index (κ1) is 27.3. The maximum Gasteiger partial charge on any atom is 0.261 e. The van der Waals surface area contributed by atoms with Crippen molar-refractivity contribution in [1.29, 1.82) is 0 Å². The molecule has 0 aliphatic heterocycles. The Bertz CT molecular complexity index is 1150. The average molecular weight is 507 g/mol. The highest BCUT2D eigenvalue weighted by Gasteiger charge is 2.31. The largest absolute Gasteiger partial charge is 0.483 e. The number of halogens is 1. The Labute approximate surface area is 219 Å². The van der Waals surface area contributed by atoms with E-state index in [-0.39, 0.29) is 36.9 Å². The first-order chi connectivity index (χ1) is 17.2. The lowest BCUT2D eigenvalue weighted by Gasteiger charge is -2.32. The molecule has 1 N–H and O–H groups in total. The fourth-order valence-electron chi connectivity index (χ4n) is 4.08. The summed E-state index contributed by atoms with van der Waals surface area (Å²) >= 11 is 6.23. The quantitative estimate of drug-likeness (QED) is 0.346. The Morgan fingerprint density at radius 1 is 0.889 bits per heavy atom. The molecule has 36 heavy (non-hydrogen) atoms. The van der Waals surface area contributed by atoms with E-state index in [0.717, 1.165) is 16.7 Å². The number of nitrogens with zero attached hydrogens (tertiary/aromatic N) is 1. The minimum Gasteiger partial charge on any atom is -0.483 e. The molecular formula is C30H35ClN2O3. The summed E-state index contributed by atoms with van der Waals surface area (Å²) in [6.07, 6.45) is 0.383. The van der Waals surface area contributed by atoms with Gasteiger partial charge in [0.1, 0.15) is 11.8 Å². The Balaban J connectivity index is 1.93. The van der Waals surface area contributed by atoms with Gasteiger partial charge in [-0.1, -0.05) is 86.1 Å². The van der Waals surface area contributed by atoms with Crippen molar-refractivity contribution in [2.75, 3.05) is 6.61 Å². The van der Waals surface area contributed by atoms with Crippen molar-refractivity contribution >= 4 is 23.4 Å². The topological polar surface area (TPSA) is 58.6 Å². The molecule has 0 heterocycles. The number of carbonyl (C=O) groups is 2. The first-order valence-electron chi connectivity index (χ1n) is 12.3. The number of hydrogen-bond donors (Lipinski definition) is 1. The van der Waals surface area contributed by atoms with Crippen LogP contribution in [0.5, 0.6) is 5.75 Å². The lowest BCUT2D eigenvalue weighted by Crippen LogP contribution is -2.52. The highest BCUT2D eigenvalue weighted by Crippen LogP contribution is 2.26. The number of benzene rings is 3. The summed E-state index contributed by atoms with van der Waals surface area (Å²) < 4.78 is 6.01. The predicted octanol–water partition coefficient (Wildman–Crippen LogP) is 6.01. The maximum absolute atomic E-state index is 13.7. The molecule has 0 bridgehead atoms. The summed E-state index contributed by atoms with van der Waals surface area (Å²) in [6, 6.07) is 24.0. The van der Waals surface area contributed by atoms with E-state index in [9.17, 15) is 9.59 Å². The standard InChI is InChI=1S/C30H35ClN2O3/c1-21(2)26-15-8-9-16-28(26)36-20-29(34)33(19-24-13-10-14-25(31)17-24)27(30(35)32-22(3)4)18-23-11-6-5-7-12-23/h5-17,21-22,27H,18-20H2,1-4H3,(H,32,35). The zero-order valence-corrected chi connectivity index (χ0v) is 22.2. The van der Waals surface area contributed by atoms with Crippen LogP contribution >= 0.6 is 11.6 Å². The monoisotopic (exact) mass is 506 g/mol. The van der Waals surface area contributed by atoms with Gasteiger partial charge in [-0.2, -0.15) is 0 Å². The van der Waals surface area contributed by atoms with Crippen molar-refractivity contribution < 1.29 is 14.3 Å². The molecule has 3 aromatic rings. The molecule has 3 aromatic carbocycles. The summed E-state index contributed by atoms with van der Waals surface area (Å²) in [6.45, 7) is 8.05. The molecule has 0 aliphatic carbocycles. The van der Waals surface area contributed by atoms with Crippen molar-refractivity contribution in [2.45, 2.75) is 58.7 Å². The number of nitrogens with one attached hydrogen (secondary N) is 1. The van der Waals surface area contributed by atoms with Crippen molar-refractivity contribution in [3.05, 3.63) is 101 Å². The van der Waals surface area contributed by atoms with Crippen molar-refractivity contribution in [1.82, 2.24) is 10.2 Å². The van der Waals surface area contributed by atoms with Gasteiger partial charge < -0.3 is 15.0 Å². The lowest BCUT2D eigenvalue weighted by atomic mass is 10.0. The molecule has 0 radical (unpaired) electrons. The van der Waals surface area contributed by atoms with E-state index in [2.05, 4.69) is 19.2 Å². The second-order valence-corrected chi connectivity index (χ2v) is 9.94. The van der Waals surface area contributed by atoms with Gasteiger partial charge in [0, 0.05) is 24.0 Å². The van der Waals surface area contributed by atoms with Crippen LogP contribution in [0, 0.1) is 0 Å². The Hall–Kier alpha value is -3.31. The second kappa shape index (κ2) is 13.1. The third-order valence-corrected chi connectivity index (χ3v) is 6.07. The Morgan fingerprint density at radius 3 is 2.22 bits per heavy atom. The minimum absolute atomic E-state index is 0.0620. The van der Waals surface area contributed by atoms with E-state index in [0.29, 0.717) is 17.2 Å². The Morgan fingerprint density at radius 2 is 1.56 bits per heavy atom. The third kappa shape index (κ3) is 7.85. The number of hydrogen-bond acceptors (Lipinski definition) is 3. The lowest BCUT2D eigenvalue weighted by molar-refractivity contribution is -0.143. The number of amides is 2. The van der Waals surface area contributed by atoms with Gasteiger partial charge in [0.05, 0.1) is 0 Å². The fraction of sp³-hybridized carbons (Fsp3) is 0.333. The number of para-hydroxylation sites is 1. The summed E-state index contributed by atoms with van der Waals surface area (Å²) in [5, 5.41) is 3.57. The van der Waals surface area contributed by atoms with Crippen LogP contribution in [0.1, 0.15) is 50.3 Å². The molecule has 2 amide bonds. The van der Waals surface area contributed by atoms with Gasteiger partial charge in [-0.15, -0.1) is 0 Å². The average Bonchev–Trinajstić information content (AvgIpc) is 2.85. The third-order valence-electron chi connectivity index (χ3n) is 5.84. The zero-order valence-electron chi connectivity index (χ0n) is 21.4. The van der Waals surface area contributed by atoms with Crippen LogP contribution < -0.4 is 10.1 Å². The normalized spacial score (nSPS) is 11.9. The van der Waals surface area contributed by atoms with Gasteiger partial charge in [-0.25, -0.2) is 0 Å². The second-order valence-electron chi connectivity index (χ2n) is 9.50. The summed E-state index contributed by atoms with van der Waals surface area (Å²) in [5.41, 5.74) is 2.84.